The third-order valence-electron chi connectivity index (χ3n) is 3.50. The van der Waals surface area contributed by atoms with Crippen LogP contribution in [0, 0.1) is 0 Å². The molecule has 0 aliphatic heterocycles. The van der Waals surface area contributed by atoms with Crippen molar-refractivity contribution in [3.63, 3.8) is 0 Å². The van der Waals surface area contributed by atoms with E-state index in [0.717, 1.165) is 24.2 Å². The molecule has 3 nitrogen and oxygen atoms in total. The molecule has 0 amide bonds. The molecule has 0 saturated heterocycles. The molecule has 0 unspecified atom stereocenters. The minimum absolute atomic E-state index is 0.163. The van der Waals surface area contributed by atoms with E-state index >= 15 is 0 Å². The topological polar surface area (TPSA) is 38.3 Å². The first-order chi connectivity index (χ1) is 10.6. The van der Waals surface area contributed by atoms with Gasteiger partial charge in [0, 0.05) is 18.7 Å². The molecule has 0 aromatic heterocycles. The molecule has 0 bridgehead atoms. The van der Waals surface area contributed by atoms with Crippen molar-refractivity contribution in [2.24, 2.45) is 0 Å². The van der Waals surface area contributed by atoms with E-state index in [9.17, 15) is 4.79 Å². The van der Waals surface area contributed by atoms with Gasteiger partial charge >= 0.3 is 5.97 Å². The number of hydrogen-bond acceptors (Lipinski definition) is 3. The Hall–Kier alpha value is -2.29. The van der Waals surface area contributed by atoms with Gasteiger partial charge in [-0.2, -0.15) is 0 Å². The van der Waals surface area contributed by atoms with Gasteiger partial charge in [-0.15, -0.1) is 0 Å². The molecule has 2 aromatic rings. The van der Waals surface area contributed by atoms with Crippen molar-refractivity contribution in [1.29, 1.82) is 0 Å². The van der Waals surface area contributed by atoms with E-state index in [0.29, 0.717) is 6.42 Å². The van der Waals surface area contributed by atoms with Crippen molar-refractivity contribution in [3.8, 4) is 0 Å². The number of esters is 1. The second-order valence-electron chi connectivity index (χ2n) is 5.75. The quantitative estimate of drug-likeness (QED) is 0.609. The number of rotatable bonds is 7. The van der Waals surface area contributed by atoms with Crippen molar-refractivity contribution in [2.45, 2.75) is 32.3 Å². The Morgan fingerprint density at radius 2 is 1.59 bits per heavy atom. The van der Waals surface area contributed by atoms with Crippen molar-refractivity contribution in [1.82, 2.24) is 0 Å². The Labute approximate surface area is 132 Å². The molecule has 0 aliphatic carbocycles. The van der Waals surface area contributed by atoms with E-state index < -0.39 is 5.60 Å². The number of para-hydroxylation sites is 1. The van der Waals surface area contributed by atoms with E-state index in [1.54, 1.807) is 0 Å². The largest absolute Gasteiger partial charge is 0.455 e. The van der Waals surface area contributed by atoms with E-state index in [2.05, 4.69) is 5.32 Å². The van der Waals surface area contributed by atoms with Crippen LogP contribution in [0.3, 0.4) is 0 Å². The molecule has 2 aromatic carbocycles. The summed E-state index contributed by atoms with van der Waals surface area (Å²) in [6, 6.07) is 19.8. The number of nitrogens with one attached hydrogen (secondary N) is 1. The first-order valence-corrected chi connectivity index (χ1v) is 7.64. The zero-order chi connectivity index (χ0) is 15.8. The van der Waals surface area contributed by atoms with E-state index in [-0.39, 0.29) is 5.97 Å². The Kier molecular flexibility index (Phi) is 5.59. The summed E-state index contributed by atoms with van der Waals surface area (Å²) in [5.41, 5.74) is 1.48. The molecule has 116 valence electrons. The summed E-state index contributed by atoms with van der Waals surface area (Å²) in [6.07, 6.45) is 1.16. The lowest BCUT2D eigenvalue weighted by Gasteiger charge is -2.25. The highest BCUT2D eigenvalue weighted by Gasteiger charge is 2.24. The van der Waals surface area contributed by atoms with Gasteiger partial charge < -0.3 is 10.1 Å². The minimum Gasteiger partial charge on any atom is -0.455 e. The van der Waals surface area contributed by atoms with Crippen LogP contribution >= 0.6 is 0 Å². The summed E-state index contributed by atoms with van der Waals surface area (Å²) in [7, 11) is 0. The number of carbonyl (C=O) groups is 1. The summed E-state index contributed by atoms with van der Waals surface area (Å²) in [5, 5.41) is 3.29. The van der Waals surface area contributed by atoms with Gasteiger partial charge in [0.05, 0.1) is 0 Å². The van der Waals surface area contributed by atoms with Crippen LogP contribution in [0.4, 0.5) is 5.69 Å². The van der Waals surface area contributed by atoms with Crippen LogP contribution in [-0.2, 0) is 15.1 Å². The molecule has 1 N–H and O–H groups in total. The molecule has 0 heterocycles. The standard InChI is InChI=1S/C19H23NO2/c1-19(2,16-10-5-3-6-11-16)22-18(21)14-9-15-20-17-12-7-4-8-13-17/h3-8,10-13,20H,9,14-15H2,1-2H3. The van der Waals surface area contributed by atoms with Crippen LogP contribution in [0.1, 0.15) is 32.3 Å². The van der Waals surface area contributed by atoms with Gasteiger partial charge in [0.1, 0.15) is 5.60 Å². The summed E-state index contributed by atoms with van der Waals surface area (Å²) < 4.78 is 5.61. The summed E-state index contributed by atoms with van der Waals surface area (Å²) in [5.74, 6) is -0.163. The SMILES string of the molecule is CC(C)(OC(=O)CCCNc1ccccc1)c1ccccc1. The predicted molar refractivity (Wildman–Crippen MR) is 89.7 cm³/mol. The number of hydrogen-bond donors (Lipinski definition) is 1. The lowest BCUT2D eigenvalue weighted by molar-refractivity contribution is -0.157. The fraction of sp³-hybridized carbons (Fsp3) is 0.316. The van der Waals surface area contributed by atoms with Crippen molar-refractivity contribution in [3.05, 3.63) is 66.2 Å². The number of anilines is 1. The van der Waals surface area contributed by atoms with Gasteiger partial charge in [-0.25, -0.2) is 0 Å². The molecule has 0 atom stereocenters. The van der Waals surface area contributed by atoms with Crippen LogP contribution in [-0.4, -0.2) is 12.5 Å². The average Bonchev–Trinajstić information content (AvgIpc) is 2.53. The van der Waals surface area contributed by atoms with Crippen molar-refractivity contribution in [2.75, 3.05) is 11.9 Å². The maximum Gasteiger partial charge on any atom is 0.306 e. The second-order valence-corrected chi connectivity index (χ2v) is 5.75. The monoisotopic (exact) mass is 297 g/mol. The third kappa shape index (κ3) is 4.92. The predicted octanol–water partition coefficient (Wildman–Crippen LogP) is 4.36. The van der Waals surface area contributed by atoms with Crippen LogP contribution in [0.25, 0.3) is 0 Å². The summed E-state index contributed by atoms with van der Waals surface area (Å²) >= 11 is 0. The molecule has 0 spiro atoms. The molecule has 0 aliphatic rings. The Morgan fingerprint density at radius 1 is 1.00 bits per heavy atom. The van der Waals surface area contributed by atoms with Gasteiger partial charge in [0.25, 0.3) is 0 Å². The van der Waals surface area contributed by atoms with Crippen LogP contribution in [0.5, 0.6) is 0 Å². The van der Waals surface area contributed by atoms with Crippen LogP contribution < -0.4 is 5.32 Å². The minimum atomic E-state index is -0.592. The smallest absolute Gasteiger partial charge is 0.306 e. The first kappa shape index (κ1) is 16.1. The lowest BCUT2D eigenvalue weighted by Crippen LogP contribution is -2.25. The average molecular weight is 297 g/mol. The molecule has 0 saturated carbocycles. The highest BCUT2D eigenvalue weighted by atomic mass is 16.6. The van der Waals surface area contributed by atoms with E-state index in [1.165, 1.54) is 0 Å². The van der Waals surface area contributed by atoms with Gasteiger partial charge in [-0.3, -0.25) is 4.79 Å². The molecule has 3 heteroatoms. The Bertz CT molecular complexity index is 579. The lowest BCUT2D eigenvalue weighted by atomic mass is 9.98. The van der Waals surface area contributed by atoms with Gasteiger partial charge in [-0.05, 0) is 38.0 Å². The van der Waals surface area contributed by atoms with Crippen LogP contribution in [0.15, 0.2) is 60.7 Å². The fourth-order valence-electron chi connectivity index (χ4n) is 2.26. The fourth-order valence-corrected chi connectivity index (χ4v) is 2.26. The Morgan fingerprint density at radius 3 is 2.23 bits per heavy atom. The normalized spacial score (nSPS) is 11.0. The molecular weight excluding hydrogens is 274 g/mol. The van der Waals surface area contributed by atoms with Gasteiger partial charge in [0.15, 0.2) is 0 Å². The van der Waals surface area contributed by atoms with Crippen molar-refractivity contribution < 1.29 is 9.53 Å². The molecular formula is C19H23NO2. The maximum absolute atomic E-state index is 12.0. The first-order valence-electron chi connectivity index (χ1n) is 7.64. The molecule has 0 radical (unpaired) electrons. The Balaban J connectivity index is 1.74. The molecule has 2 rings (SSSR count). The number of carbonyl (C=O) groups excluding carboxylic acids is 1. The maximum atomic E-state index is 12.0. The van der Waals surface area contributed by atoms with Crippen molar-refractivity contribution >= 4 is 11.7 Å². The van der Waals surface area contributed by atoms with E-state index in [4.69, 9.17) is 4.74 Å². The zero-order valence-corrected chi connectivity index (χ0v) is 13.2. The van der Waals surface area contributed by atoms with Gasteiger partial charge in [-0.1, -0.05) is 48.5 Å². The number of ether oxygens (including phenoxy) is 1. The number of benzene rings is 2. The molecule has 22 heavy (non-hydrogen) atoms. The van der Waals surface area contributed by atoms with E-state index in [1.807, 2.05) is 74.5 Å². The zero-order valence-electron chi connectivity index (χ0n) is 13.2. The van der Waals surface area contributed by atoms with Crippen LogP contribution in [0.2, 0.25) is 0 Å². The highest BCUT2D eigenvalue weighted by molar-refractivity contribution is 5.70. The highest BCUT2D eigenvalue weighted by Crippen LogP contribution is 2.25. The second kappa shape index (κ2) is 7.64. The van der Waals surface area contributed by atoms with Gasteiger partial charge in [0.2, 0.25) is 0 Å². The molecule has 0 fully saturated rings. The third-order valence-corrected chi connectivity index (χ3v) is 3.50. The summed E-state index contributed by atoms with van der Waals surface area (Å²) in [6.45, 7) is 4.59. The summed E-state index contributed by atoms with van der Waals surface area (Å²) in [4.78, 5) is 12.0.